The van der Waals surface area contributed by atoms with E-state index in [1.165, 1.54) is 0 Å². The molecule has 2 aromatic heterocycles. The average Bonchev–Trinajstić information content (AvgIpc) is 2.72. The highest BCUT2D eigenvalue weighted by Crippen LogP contribution is 2.20. The van der Waals surface area contributed by atoms with Gasteiger partial charge in [0.05, 0.1) is 15.7 Å². The van der Waals surface area contributed by atoms with Gasteiger partial charge in [0.25, 0.3) is 0 Å². The van der Waals surface area contributed by atoms with Crippen molar-refractivity contribution in [2.45, 2.75) is 31.9 Å². The van der Waals surface area contributed by atoms with Crippen molar-refractivity contribution in [3.63, 3.8) is 0 Å². The second-order valence-electron chi connectivity index (χ2n) is 3.66. The molecule has 0 unspecified atom stereocenters. The molecule has 0 atom stereocenters. The number of hydrogen-bond acceptors (Lipinski definition) is 6. The fourth-order valence-corrected chi connectivity index (χ4v) is 3.77. The Labute approximate surface area is 115 Å². The number of nitrogens with two attached hydrogens (primary N) is 1. The molecule has 0 aliphatic carbocycles. The number of aromatic nitrogens is 2. The molecule has 100 valence electrons. The van der Waals surface area contributed by atoms with Crippen LogP contribution >= 0.6 is 22.7 Å². The lowest BCUT2D eigenvalue weighted by Crippen LogP contribution is -2.11. The van der Waals surface area contributed by atoms with Crippen LogP contribution in [0.15, 0.2) is 9.59 Å². The van der Waals surface area contributed by atoms with Crippen molar-refractivity contribution >= 4 is 32.7 Å². The lowest BCUT2D eigenvalue weighted by molar-refractivity contribution is 0.599. The third-order valence-corrected chi connectivity index (χ3v) is 5.37. The van der Waals surface area contributed by atoms with Crippen LogP contribution < -0.4 is 5.14 Å². The predicted octanol–water partition coefficient (Wildman–Crippen LogP) is 2.17. The van der Waals surface area contributed by atoms with Gasteiger partial charge >= 0.3 is 0 Å². The molecule has 0 saturated heterocycles. The summed E-state index contributed by atoms with van der Waals surface area (Å²) in [7, 11) is -3.56. The van der Waals surface area contributed by atoms with Gasteiger partial charge in [0.2, 0.25) is 10.0 Å². The molecule has 2 N–H and O–H groups in total. The Morgan fingerprint density at radius 1 is 1.11 bits per heavy atom. The number of aryl methyl sites for hydroxylation is 4. The molecule has 0 fully saturated rings. The first-order valence-electron chi connectivity index (χ1n) is 5.05. The minimum Gasteiger partial charge on any atom is -0.247 e. The smallest absolute Gasteiger partial charge is 0.247 e. The molecule has 0 amide bonds. The molecular weight excluding hydrogens is 290 g/mol. The second-order valence-corrected chi connectivity index (χ2v) is 7.68. The van der Waals surface area contributed by atoms with Crippen LogP contribution in [0.3, 0.4) is 0 Å². The Balaban J connectivity index is 0.000000199. The maximum Gasteiger partial charge on any atom is 0.249 e. The highest BCUT2D eigenvalue weighted by atomic mass is 32.2. The second kappa shape index (κ2) is 5.87. The predicted molar refractivity (Wildman–Crippen MR) is 74.5 cm³/mol. The zero-order chi connectivity index (χ0) is 13.9. The van der Waals surface area contributed by atoms with Gasteiger partial charge in [-0.1, -0.05) is 0 Å². The molecule has 5 nitrogen and oxygen atoms in total. The minimum atomic E-state index is -3.56. The van der Waals surface area contributed by atoms with Crippen molar-refractivity contribution in [1.29, 1.82) is 0 Å². The van der Waals surface area contributed by atoms with Crippen LogP contribution in [0.4, 0.5) is 0 Å². The largest absolute Gasteiger partial charge is 0.249 e. The Hall–Kier alpha value is -0.830. The molecule has 2 aromatic rings. The summed E-state index contributed by atoms with van der Waals surface area (Å²) in [6, 6.07) is 0. The third kappa shape index (κ3) is 4.45. The normalized spacial score (nSPS) is 10.9. The molecule has 0 radical (unpaired) electrons. The number of primary sulfonamides is 1. The van der Waals surface area contributed by atoms with Gasteiger partial charge in [-0.15, -0.1) is 22.7 Å². The summed E-state index contributed by atoms with van der Waals surface area (Å²) in [6.45, 7) is 7.39. The van der Waals surface area contributed by atoms with Gasteiger partial charge in [0.1, 0.15) is 0 Å². The van der Waals surface area contributed by atoms with Crippen LogP contribution in [0.1, 0.15) is 21.4 Å². The third-order valence-electron chi connectivity index (χ3n) is 1.85. The van der Waals surface area contributed by atoms with Gasteiger partial charge in [-0.3, -0.25) is 0 Å². The van der Waals surface area contributed by atoms with E-state index in [1.807, 2.05) is 13.8 Å². The maximum absolute atomic E-state index is 10.8. The molecule has 8 heteroatoms. The van der Waals surface area contributed by atoms with Gasteiger partial charge in [-0.25, -0.2) is 23.5 Å². The summed E-state index contributed by atoms with van der Waals surface area (Å²) in [6.07, 6.45) is 0. The maximum atomic E-state index is 10.8. The molecule has 0 aliphatic heterocycles. The van der Waals surface area contributed by atoms with E-state index in [-0.39, 0.29) is 4.21 Å². The number of rotatable bonds is 1. The first kappa shape index (κ1) is 15.2. The molecular formula is C10H15N3O2S3. The van der Waals surface area contributed by atoms with Gasteiger partial charge in [0.15, 0.2) is 4.21 Å². The van der Waals surface area contributed by atoms with Crippen LogP contribution in [0.2, 0.25) is 0 Å². The van der Waals surface area contributed by atoms with Crippen LogP contribution in [0, 0.1) is 27.7 Å². The quantitative estimate of drug-likeness (QED) is 0.875. The highest BCUT2D eigenvalue weighted by Gasteiger charge is 2.15. The SMILES string of the molecule is Cc1csc(C)n1.Cc1nc(C)c(S(N)(=O)=O)s1. The first-order chi connectivity index (χ1) is 8.20. The topological polar surface area (TPSA) is 85.9 Å². The Morgan fingerprint density at radius 2 is 1.72 bits per heavy atom. The average molecular weight is 305 g/mol. The van der Waals surface area contributed by atoms with Crippen molar-refractivity contribution in [2.75, 3.05) is 0 Å². The Bertz CT molecular complexity index is 612. The Morgan fingerprint density at radius 3 is 1.89 bits per heavy atom. The fourth-order valence-electron chi connectivity index (χ4n) is 1.25. The van der Waals surface area contributed by atoms with E-state index in [2.05, 4.69) is 15.3 Å². The number of sulfonamides is 1. The number of nitrogens with zero attached hydrogens (tertiary/aromatic N) is 2. The zero-order valence-electron chi connectivity index (χ0n) is 10.6. The molecule has 0 aliphatic rings. The van der Waals surface area contributed by atoms with E-state index in [9.17, 15) is 8.42 Å². The van der Waals surface area contributed by atoms with Gasteiger partial charge in [-0.2, -0.15) is 0 Å². The molecule has 2 heterocycles. The summed E-state index contributed by atoms with van der Waals surface area (Å²) < 4.78 is 21.8. The van der Waals surface area contributed by atoms with Gasteiger partial charge < -0.3 is 0 Å². The molecule has 0 aromatic carbocycles. The monoisotopic (exact) mass is 305 g/mol. The standard InChI is InChI=1S/C5H8N2O2S2.C5H7NS/c1-3-5(11(6,8)9)10-4(2)7-3;1-4-3-7-5(2)6-4/h1-2H3,(H2,6,8,9);3H,1-2H3. The molecule has 18 heavy (non-hydrogen) atoms. The summed E-state index contributed by atoms with van der Waals surface area (Å²) >= 11 is 2.79. The lowest BCUT2D eigenvalue weighted by Gasteiger charge is -1.90. The molecule has 0 spiro atoms. The Kier molecular flexibility index (Phi) is 4.97. The van der Waals surface area contributed by atoms with Crippen molar-refractivity contribution in [3.8, 4) is 0 Å². The van der Waals surface area contributed by atoms with Crippen LogP contribution in [0.25, 0.3) is 0 Å². The summed E-state index contributed by atoms with van der Waals surface area (Å²) in [5.74, 6) is 0. The molecule has 0 bridgehead atoms. The first-order valence-corrected chi connectivity index (χ1v) is 8.30. The van der Waals surface area contributed by atoms with Crippen molar-refractivity contribution in [1.82, 2.24) is 9.97 Å². The van der Waals surface area contributed by atoms with Crippen LogP contribution in [-0.2, 0) is 10.0 Å². The van der Waals surface area contributed by atoms with Gasteiger partial charge in [0, 0.05) is 11.1 Å². The molecule has 0 saturated carbocycles. The van der Waals surface area contributed by atoms with Gasteiger partial charge in [-0.05, 0) is 27.7 Å². The van der Waals surface area contributed by atoms with Crippen molar-refractivity contribution in [2.24, 2.45) is 5.14 Å². The highest BCUT2D eigenvalue weighted by molar-refractivity contribution is 7.91. The zero-order valence-corrected chi connectivity index (χ0v) is 13.0. The van der Waals surface area contributed by atoms with E-state index in [0.29, 0.717) is 10.7 Å². The van der Waals surface area contributed by atoms with Crippen molar-refractivity contribution < 1.29 is 8.42 Å². The van der Waals surface area contributed by atoms with E-state index in [4.69, 9.17) is 5.14 Å². The number of hydrogen-bond donors (Lipinski definition) is 1. The lowest BCUT2D eigenvalue weighted by atomic mass is 10.6. The van der Waals surface area contributed by atoms with Crippen LogP contribution in [-0.4, -0.2) is 18.4 Å². The van der Waals surface area contributed by atoms with Crippen molar-refractivity contribution in [3.05, 3.63) is 26.8 Å². The summed E-state index contributed by atoms with van der Waals surface area (Å²) in [4.78, 5) is 8.07. The fraction of sp³-hybridized carbons (Fsp3) is 0.400. The number of thiazole rings is 2. The van der Waals surface area contributed by atoms with E-state index in [0.717, 1.165) is 22.0 Å². The van der Waals surface area contributed by atoms with Crippen LogP contribution in [0.5, 0.6) is 0 Å². The summed E-state index contributed by atoms with van der Waals surface area (Å²) in [5, 5.41) is 8.83. The van der Waals surface area contributed by atoms with E-state index >= 15 is 0 Å². The minimum absolute atomic E-state index is 0.162. The molecule has 2 rings (SSSR count). The summed E-state index contributed by atoms with van der Waals surface area (Å²) in [5.41, 5.74) is 1.61. The van der Waals surface area contributed by atoms with E-state index in [1.54, 1.807) is 25.2 Å². The van der Waals surface area contributed by atoms with E-state index < -0.39 is 10.0 Å².